The Morgan fingerprint density at radius 3 is 2.17 bits per heavy atom. The molecule has 1 saturated heterocycles. The van der Waals surface area contributed by atoms with E-state index in [9.17, 15) is 14.4 Å². The molecule has 1 aliphatic heterocycles. The average molecular weight is 490 g/mol. The first-order valence-corrected chi connectivity index (χ1v) is 12.6. The molecule has 0 spiro atoms. The number of fused-ring (bicyclic) bond motifs is 1. The molecule has 180 valence electrons. The van der Waals surface area contributed by atoms with E-state index in [1.54, 1.807) is 13.1 Å². The van der Waals surface area contributed by atoms with Gasteiger partial charge in [0, 0.05) is 26.7 Å². The van der Waals surface area contributed by atoms with Gasteiger partial charge in [0.2, 0.25) is 0 Å². The van der Waals surface area contributed by atoms with Crippen LogP contribution in [0.3, 0.4) is 0 Å². The van der Waals surface area contributed by atoms with Crippen molar-refractivity contribution < 1.29 is 9.53 Å². The van der Waals surface area contributed by atoms with Crippen LogP contribution in [0.5, 0.6) is 0 Å². The molecule has 0 unspecified atom stereocenters. The number of aromatic nitrogens is 2. The Balaban J connectivity index is 1.29. The predicted molar refractivity (Wildman–Crippen MR) is 137 cm³/mol. The van der Waals surface area contributed by atoms with Crippen LogP contribution in [0, 0.1) is 0 Å². The van der Waals surface area contributed by atoms with Gasteiger partial charge in [0.25, 0.3) is 5.56 Å². The fourth-order valence-corrected chi connectivity index (χ4v) is 5.51. The van der Waals surface area contributed by atoms with Gasteiger partial charge in [-0.15, -0.1) is 11.3 Å². The van der Waals surface area contributed by atoms with E-state index in [0.29, 0.717) is 15.1 Å². The van der Waals surface area contributed by atoms with Gasteiger partial charge >= 0.3 is 11.7 Å². The first kappa shape index (κ1) is 23.3. The number of ether oxygens (including phenoxy) is 1. The number of thiophene rings is 1. The van der Waals surface area contributed by atoms with Crippen LogP contribution in [0.4, 0.5) is 0 Å². The lowest BCUT2D eigenvalue weighted by atomic mass is 10.1. The van der Waals surface area contributed by atoms with Gasteiger partial charge in [-0.05, 0) is 30.0 Å². The Kier molecular flexibility index (Phi) is 6.66. The van der Waals surface area contributed by atoms with Gasteiger partial charge in [-0.3, -0.25) is 18.8 Å². The van der Waals surface area contributed by atoms with E-state index in [1.807, 2.05) is 48.5 Å². The molecule has 5 rings (SSSR count). The number of hydrogen-bond acceptors (Lipinski definition) is 6. The third-order valence-electron chi connectivity index (χ3n) is 6.45. The first-order valence-electron chi connectivity index (χ1n) is 11.7. The highest BCUT2D eigenvalue weighted by molar-refractivity contribution is 7.20. The van der Waals surface area contributed by atoms with E-state index in [4.69, 9.17) is 4.74 Å². The van der Waals surface area contributed by atoms with Gasteiger partial charge in [-0.25, -0.2) is 9.59 Å². The molecule has 1 aliphatic rings. The van der Waals surface area contributed by atoms with Crippen molar-refractivity contribution in [2.24, 2.45) is 7.05 Å². The zero-order chi connectivity index (χ0) is 24.4. The minimum Gasteiger partial charge on any atom is -0.458 e. The summed E-state index contributed by atoms with van der Waals surface area (Å²) in [5.74, 6) is -0.436. The lowest BCUT2D eigenvalue weighted by molar-refractivity contribution is 0.0109. The van der Waals surface area contributed by atoms with Gasteiger partial charge < -0.3 is 4.74 Å². The molecule has 8 heteroatoms. The zero-order valence-corrected chi connectivity index (χ0v) is 20.4. The van der Waals surface area contributed by atoms with Gasteiger partial charge in [0.05, 0.1) is 11.9 Å². The number of rotatable bonds is 6. The highest BCUT2D eigenvalue weighted by Gasteiger charge is 2.25. The molecule has 1 fully saturated rings. The molecule has 2 aromatic carbocycles. The number of carbonyl (C=O) groups is 1. The molecular weight excluding hydrogens is 462 g/mol. The molecule has 35 heavy (non-hydrogen) atoms. The number of carbonyl (C=O) groups excluding carboxylic acids is 1. The second kappa shape index (κ2) is 10.0. The predicted octanol–water partition coefficient (Wildman–Crippen LogP) is 3.63. The summed E-state index contributed by atoms with van der Waals surface area (Å²) in [7, 11) is 1.62. The summed E-state index contributed by atoms with van der Waals surface area (Å²) in [5.41, 5.74) is 1.34. The molecule has 0 radical (unpaired) electrons. The van der Waals surface area contributed by atoms with Crippen molar-refractivity contribution in [1.29, 1.82) is 0 Å². The first-order chi connectivity index (χ1) is 17.0. The van der Waals surface area contributed by atoms with Crippen molar-refractivity contribution in [2.75, 3.05) is 13.1 Å². The van der Waals surface area contributed by atoms with E-state index in [1.165, 1.54) is 14.7 Å². The molecule has 3 heterocycles. The van der Waals surface area contributed by atoms with Crippen molar-refractivity contribution in [3.8, 4) is 0 Å². The summed E-state index contributed by atoms with van der Waals surface area (Å²) in [6.07, 6.45) is 1.38. The number of piperidine rings is 1. The Morgan fingerprint density at radius 2 is 1.54 bits per heavy atom. The lowest BCUT2D eigenvalue weighted by Gasteiger charge is -2.31. The standard InChI is InChI=1S/C27H27N3O4S/c1-28-25-22(24(31)30(27(28)33)18-20-10-6-3-7-11-20)16-23(35-25)26(32)34-21-12-14-29(15-13-21)17-19-8-4-2-5-9-19/h2-11,16,21H,12-15,17-18H2,1H3. The third-order valence-corrected chi connectivity index (χ3v) is 7.64. The Hall–Kier alpha value is -3.49. The number of esters is 1. The van der Waals surface area contributed by atoms with Gasteiger partial charge in [0.1, 0.15) is 15.8 Å². The van der Waals surface area contributed by atoms with E-state index in [0.717, 1.165) is 49.4 Å². The van der Waals surface area contributed by atoms with Crippen LogP contribution in [-0.2, 0) is 24.9 Å². The molecule has 0 atom stereocenters. The van der Waals surface area contributed by atoms with Crippen LogP contribution >= 0.6 is 11.3 Å². The van der Waals surface area contributed by atoms with Gasteiger partial charge in [0.15, 0.2) is 0 Å². The molecule has 0 amide bonds. The summed E-state index contributed by atoms with van der Waals surface area (Å²) >= 11 is 1.13. The topological polar surface area (TPSA) is 73.5 Å². The van der Waals surface area contributed by atoms with Gasteiger partial charge in [-0.2, -0.15) is 0 Å². The molecular formula is C27H27N3O4S. The second-order valence-electron chi connectivity index (χ2n) is 8.91. The van der Waals surface area contributed by atoms with Crippen LogP contribution in [0.1, 0.15) is 33.6 Å². The summed E-state index contributed by atoms with van der Waals surface area (Å²) in [5, 5.41) is 0.359. The maximum Gasteiger partial charge on any atom is 0.348 e. The van der Waals surface area contributed by atoms with Gasteiger partial charge in [-0.1, -0.05) is 60.7 Å². The second-order valence-corrected chi connectivity index (χ2v) is 9.95. The molecule has 7 nitrogen and oxygen atoms in total. The molecule has 0 saturated carbocycles. The number of nitrogens with zero attached hydrogens (tertiary/aromatic N) is 3. The van der Waals surface area contributed by atoms with E-state index >= 15 is 0 Å². The monoisotopic (exact) mass is 489 g/mol. The molecule has 2 aromatic heterocycles. The quantitative estimate of drug-likeness (QED) is 0.387. The fourth-order valence-electron chi connectivity index (χ4n) is 4.53. The number of hydrogen-bond donors (Lipinski definition) is 0. The van der Waals surface area contributed by atoms with Crippen LogP contribution in [0.25, 0.3) is 10.2 Å². The average Bonchev–Trinajstić information content (AvgIpc) is 3.34. The summed E-state index contributed by atoms with van der Waals surface area (Å²) in [4.78, 5) is 42.1. The Labute approximate surface area is 206 Å². The molecule has 0 bridgehead atoms. The summed E-state index contributed by atoms with van der Waals surface area (Å²) in [6, 6.07) is 21.3. The van der Waals surface area contributed by atoms with Crippen LogP contribution in [0.2, 0.25) is 0 Å². The van der Waals surface area contributed by atoms with Crippen LogP contribution in [0.15, 0.2) is 76.3 Å². The number of aryl methyl sites for hydroxylation is 1. The SMILES string of the molecule is Cn1c(=O)n(Cc2ccccc2)c(=O)c2cc(C(=O)OC3CCN(Cc4ccccc4)CC3)sc21. The van der Waals surface area contributed by atoms with Crippen molar-refractivity contribution >= 4 is 27.5 Å². The largest absolute Gasteiger partial charge is 0.458 e. The molecule has 0 N–H and O–H groups in total. The fraction of sp³-hybridized carbons (Fsp3) is 0.296. The smallest absolute Gasteiger partial charge is 0.348 e. The van der Waals surface area contributed by atoms with Crippen molar-refractivity contribution in [2.45, 2.75) is 32.0 Å². The van der Waals surface area contributed by atoms with Crippen molar-refractivity contribution in [3.63, 3.8) is 0 Å². The minimum absolute atomic E-state index is 0.154. The van der Waals surface area contributed by atoms with Crippen LogP contribution in [-0.4, -0.2) is 39.2 Å². The van der Waals surface area contributed by atoms with E-state index in [-0.39, 0.29) is 12.6 Å². The molecule has 0 aliphatic carbocycles. The maximum atomic E-state index is 13.1. The summed E-state index contributed by atoms with van der Waals surface area (Å²) in [6.45, 7) is 2.79. The minimum atomic E-state index is -0.436. The van der Waals surface area contributed by atoms with Crippen molar-refractivity contribution in [1.82, 2.24) is 14.0 Å². The molecule has 4 aromatic rings. The number of benzene rings is 2. The maximum absolute atomic E-state index is 13.1. The van der Waals surface area contributed by atoms with Crippen LogP contribution < -0.4 is 11.2 Å². The highest BCUT2D eigenvalue weighted by atomic mass is 32.1. The van der Waals surface area contributed by atoms with E-state index in [2.05, 4.69) is 17.0 Å². The summed E-state index contributed by atoms with van der Waals surface area (Å²) < 4.78 is 8.43. The highest BCUT2D eigenvalue weighted by Crippen LogP contribution is 2.25. The van der Waals surface area contributed by atoms with E-state index < -0.39 is 17.2 Å². The van der Waals surface area contributed by atoms with Crippen molar-refractivity contribution in [3.05, 3.63) is 104 Å². The zero-order valence-electron chi connectivity index (χ0n) is 19.6. The Morgan fingerprint density at radius 1 is 0.943 bits per heavy atom. The number of likely N-dealkylation sites (tertiary alicyclic amines) is 1. The third kappa shape index (κ3) is 4.99. The lowest BCUT2D eigenvalue weighted by Crippen LogP contribution is -2.38. The Bertz CT molecular complexity index is 1450. The normalized spacial score (nSPS) is 14.9.